The zero-order valence-electron chi connectivity index (χ0n) is 16.1. The molecule has 10 nitrogen and oxygen atoms in total. The molecular weight excluding hydrogens is 378 g/mol. The number of aromatic carboxylic acids is 1. The van der Waals surface area contributed by atoms with E-state index in [1.54, 1.807) is 13.2 Å². The predicted molar refractivity (Wildman–Crippen MR) is 100.0 cm³/mol. The van der Waals surface area contributed by atoms with E-state index in [0.717, 1.165) is 31.6 Å². The van der Waals surface area contributed by atoms with Crippen molar-refractivity contribution in [2.75, 3.05) is 25.1 Å². The minimum Gasteiger partial charge on any atom is -0.477 e. The van der Waals surface area contributed by atoms with E-state index >= 15 is 0 Å². The molecule has 2 N–H and O–H groups in total. The first kappa shape index (κ1) is 19.3. The molecule has 2 aromatic heterocycles. The van der Waals surface area contributed by atoms with Gasteiger partial charge in [0.25, 0.3) is 0 Å². The van der Waals surface area contributed by atoms with Gasteiger partial charge < -0.3 is 24.6 Å². The summed E-state index contributed by atoms with van der Waals surface area (Å²) in [5.74, 6) is 0.449. The zero-order chi connectivity index (χ0) is 20.4. The molecule has 29 heavy (non-hydrogen) atoms. The third kappa shape index (κ3) is 4.07. The number of amides is 1. The Bertz CT molecular complexity index is 901. The second kappa shape index (κ2) is 8.16. The summed E-state index contributed by atoms with van der Waals surface area (Å²) in [6.45, 7) is 2.03. The molecule has 4 rings (SSSR count). The third-order valence-electron chi connectivity index (χ3n) is 5.74. The maximum atomic E-state index is 12.6. The summed E-state index contributed by atoms with van der Waals surface area (Å²) in [7, 11) is 1.55. The van der Waals surface area contributed by atoms with Gasteiger partial charge in [-0.3, -0.25) is 4.79 Å². The monoisotopic (exact) mass is 401 g/mol. The Morgan fingerprint density at radius 3 is 3.10 bits per heavy atom. The van der Waals surface area contributed by atoms with Crippen LogP contribution in [-0.2, 0) is 22.7 Å². The van der Waals surface area contributed by atoms with E-state index in [0.29, 0.717) is 17.6 Å². The first-order valence-electron chi connectivity index (χ1n) is 9.57. The number of carbonyl (C=O) groups excluding carboxylic acids is 1. The fourth-order valence-electron chi connectivity index (χ4n) is 4.20. The molecule has 2 aromatic rings. The summed E-state index contributed by atoms with van der Waals surface area (Å²) < 4.78 is 10.0. The van der Waals surface area contributed by atoms with Crippen molar-refractivity contribution in [3.63, 3.8) is 0 Å². The van der Waals surface area contributed by atoms with Gasteiger partial charge in [-0.05, 0) is 36.8 Å². The number of carbonyl (C=O) groups is 2. The van der Waals surface area contributed by atoms with Crippen molar-refractivity contribution < 1.29 is 24.0 Å². The van der Waals surface area contributed by atoms with Crippen LogP contribution in [0.2, 0.25) is 0 Å². The summed E-state index contributed by atoms with van der Waals surface area (Å²) in [6.07, 6.45) is 3.38. The molecule has 1 saturated heterocycles. The molecule has 0 unspecified atom stereocenters. The largest absolute Gasteiger partial charge is 0.477 e. The number of hydrogen-bond donors (Lipinski definition) is 2. The van der Waals surface area contributed by atoms with E-state index in [2.05, 4.69) is 25.3 Å². The van der Waals surface area contributed by atoms with Crippen LogP contribution < -0.4 is 10.2 Å². The van der Waals surface area contributed by atoms with Gasteiger partial charge in [0.05, 0.1) is 6.54 Å². The van der Waals surface area contributed by atoms with Crippen LogP contribution in [0.4, 0.5) is 5.69 Å². The number of anilines is 1. The van der Waals surface area contributed by atoms with Crippen LogP contribution in [0.5, 0.6) is 0 Å². The van der Waals surface area contributed by atoms with Crippen LogP contribution in [0.3, 0.4) is 0 Å². The number of hydrogen-bond acceptors (Lipinski definition) is 8. The molecule has 1 aliphatic carbocycles. The molecule has 3 atom stereocenters. The molecule has 2 aliphatic rings. The molecule has 1 aliphatic heterocycles. The van der Waals surface area contributed by atoms with E-state index in [1.807, 2.05) is 6.07 Å². The standard InChI is InChI=1S/C19H23N5O5/c1-28-10-16-22-17(29-23-16)8-21-18(25)13-6-11-3-5-24(9-14(11)13)12-2-4-20-15(7-12)19(26)27/h2,4,7,11,13-14H,3,5-6,8-10H2,1H3,(H,21,25)(H,26,27)/t11-,13-,14-/m1/s1. The highest BCUT2D eigenvalue weighted by Gasteiger charge is 2.47. The molecule has 0 radical (unpaired) electrons. The average molecular weight is 401 g/mol. The number of carboxylic acids is 1. The van der Waals surface area contributed by atoms with Crippen molar-refractivity contribution in [2.45, 2.75) is 26.0 Å². The van der Waals surface area contributed by atoms with Crippen LogP contribution in [0.15, 0.2) is 22.9 Å². The van der Waals surface area contributed by atoms with Crippen molar-refractivity contribution in [1.29, 1.82) is 0 Å². The molecule has 3 heterocycles. The maximum Gasteiger partial charge on any atom is 0.354 e. The Morgan fingerprint density at radius 1 is 1.45 bits per heavy atom. The number of aromatic nitrogens is 3. The topological polar surface area (TPSA) is 131 Å². The summed E-state index contributed by atoms with van der Waals surface area (Å²) in [6, 6.07) is 3.40. The number of methoxy groups -OCH3 is 1. The number of piperidine rings is 1. The van der Waals surface area contributed by atoms with Gasteiger partial charge in [-0.25, -0.2) is 9.78 Å². The zero-order valence-corrected chi connectivity index (χ0v) is 16.1. The summed E-state index contributed by atoms with van der Waals surface area (Å²) >= 11 is 0. The molecule has 0 aromatic carbocycles. The Labute approximate surface area is 167 Å². The van der Waals surface area contributed by atoms with E-state index in [-0.39, 0.29) is 36.6 Å². The van der Waals surface area contributed by atoms with Gasteiger partial charge in [-0.2, -0.15) is 4.98 Å². The second-order valence-electron chi connectivity index (χ2n) is 7.46. The summed E-state index contributed by atoms with van der Waals surface area (Å²) in [4.78, 5) is 34.0. The fourth-order valence-corrected chi connectivity index (χ4v) is 4.20. The quantitative estimate of drug-likeness (QED) is 0.700. The highest BCUT2D eigenvalue weighted by atomic mass is 16.5. The minimum absolute atomic E-state index is 0.0134. The maximum absolute atomic E-state index is 12.6. The van der Waals surface area contributed by atoms with Gasteiger partial charge in [-0.15, -0.1) is 0 Å². The SMILES string of the molecule is COCc1noc(CNC(=O)[C@@H]2C[C@H]3CCN(c4ccnc(C(=O)O)c4)C[C@H]32)n1. The number of nitrogens with one attached hydrogen (secondary N) is 1. The Hall–Kier alpha value is -3.01. The van der Waals surface area contributed by atoms with Crippen molar-refractivity contribution in [1.82, 2.24) is 20.4 Å². The fraction of sp³-hybridized carbons (Fsp3) is 0.526. The van der Waals surface area contributed by atoms with Crippen molar-refractivity contribution in [3.05, 3.63) is 35.7 Å². The molecule has 154 valence electrons. The van der Waals surface area contributed by atoms with Crippen LogP contribution in [-0.4, -0.2) is 52.3 Å². The lowest BCUT2D eigenvalue weighted by atomic mass is 9.61. The molecule has 1 saturated carbocycles. The van der Waals surface area contributed by atoms with E-state index in [4.69, 9.17) is 14.4 Å². The number of fused-ring (bicyclic) bond motifs is 1. The number of pyridine rings is 1. The minimum atomic E-state index is -1.04. The Morgan fingerprint density at radius 2 is 2.31 bits per heavy atom. The molecule has 2 fully saturated rings. The number of carboxylic acid groups (broad SMARTS) is 1. The smallest absolute Gasteiger partial charge is 0.354 e. The van der Waals surface area contributed by atoms with Gasteiger partial charge in [0.15, 0.2) is 5.82 Å². The number of rotatable bonds is 7. The van der Waals surface area contributed by atoms with Crippen LogP contribution in [0.25, 0.3) is 0 Å². The van der Waals surface area contributed by atoms with Crippen LogP contribution >= 0.6 is 0 Å². The van der Waals surface area contributed by atoms with Gasteiger partial charge in [0.2, 0.25) is 11.8 Å². The van der Waals surface area contributed by atoms with Crippen molar-refractivity contribution in [2.24, 2.45) is 17.8 Å². The lowest BCUT2D eigenvalue weighted by Gasteiger charge is -2.50. The van der Waals surface area contributed by atoms with E-state index in [9.17, 15) is 9.59 Å². The van der Waals surface area contributed by atoms with Gasteiger partial charge >= 0.3 is 5.97 Å². The highest BCUT2D eigenvalue weighted by Crippen LogP contribution is 2.46. The first-order chi connectivity index (χ1) is 14.0. The molecule has 0 spiro atoms. The molecule has 1 amide bonds. The predicted octanol–water partition coefficient (Wildman–Crippen LogP) is 1.09. The Kier molecular flexibility index (Phi) is 5.43. The van der Waals surface area contributed by atoms with Crippen LogP contribution in [0, 0.1) is 17.8 Å². The summed E-state index contributed by atoms with van der Waals surface area (Å²) in [5, 5.41) is 15.8. The average Bonchev–Trinajstić information content (AvgIpc) is 3.15. The van der Waals surface area contributed by atoms with Gasteiger partial charge in [0, 0.05) is 38.0 Å². The summed E-state index contributed by atoms with van der Waals surface area (Å²) in [5.41, 5.74) is 0.860. The molecule has 0 bridgehead atoms. The van der Waals surface area contributed by atoms with E-state index < -0.39 is 5.97 Å². The highest BCUT2D eigenvalue weighted by molar-refractivity contribution is 5.86. The van der Waals surface area contributed by atoms with Crippen molar-refractivity contribution >= 4 is 17.6 Å². The normalized spacial score (nSPS) is 23.2. The van der Waals surface area contributed by atoms with Crippen molar-refractivity contribution in [3.8, 4) is 0 Å². The molecular formula is C19H23N5O5. The first-order valence-corrected chi connectivity index (χ1v) is 9.57. The molecule has 10 heteroatoms. The van der Waals surface area contributed by atoms with E-state index in [1.165, 1.54) is 6.20 Å². The number of nitrogens with zero attached hydrogens (tertiary/aromatic N) is 4. The lowest BCUT2D eigenvalue weighted by molar-refractivity contribution is -0.134. The third-order valence-corrected chi connectivity index (χ3v) is 5.74. The number of ether oxygens (including phenoxy) is 1. The second-order valence-corrected chi connectivity index (χ2v) is 7.46. The van der Waals surface area contributed by atoms with Gasteiger partial charge in [0.1, 0.15) is 12.3 Å². The lowest BCUT2D eigenvalue weighted by Crippen LogP contribution is -2.55. The Balaban J connectivity index is 1.34. The van der Waals surface area contributed by atoms with Crippen LogP contribution in [0.1, 0.15) is 35.0 Å². The van der Waals surface area contributed by atoms with Gasteiger partial charge in [-0.1, -0.05) is 5.16 Å².